The molecule has 1 aromatic carbocycles. The molecule has 18 heavy (non-hydrogen) atoms. The van der Waals surface area contributed by atoms with Crippen LogP contribution in [0.5, 0.6) is 0 Å². The molecule has 0 fully saturated rings. The molecule has 0 aliphatic rings. The van der Waals surface area contributed by atoms with Gasteiger partial charge in [0, 0.05) is 19.3 Å². The summed E-state index contributed by atoms with van der Waals surface area (Å²) in [6.45, 7) is 3.18. The zero-order chi connectivity index (χ0) is 14.1. The van der Waals surface area contributed by atoms with Crippen LogP contribution in [0.4, 0.5) is 26.3 Å². The van der Waals surface area contributed by atoms with Crippen molar-refractivity contribution >= 4 is 0 Å². The first-order chi connectivity index (χ1) is 8.05. The molecule has 0 aliphatic heterocycles. The quantitative estimate of drug-likeness (QED) is 0.519. The number of rotatable bonds is 2. The highest BCUT2D eigenvalue weighted by Gasteiger charge is 2.40. The van der Waals surface area contributed by atoms with Crippen LogP contribution in [0, 0.1) is 5.92 Å². The van der Waals surface area contributed by atoms with Crippen LogP contribution in [0.3, 0.4) is 0 Å². The van der Waals surface area contributed by atoms with E-state index in [1.807, 2.05) is 0 Å². The van der Waals surface area contributed by atoms with Gasteiger partial charge in [-0.25, -0.2) is 0 Å². The zero-order valence-corrected chi connectivity index (χ0v) is 9.71. The van der Waals surface area contributed by atoms with Gasteiger partial charge in [-0.3, -0.25) is 0 Å². The molecule has 0 heterocycles. The van der Waals surface area contributed by atoms with E-state index in [-0.39, 0.29) is 11.6 Å². The summed E-state index contributed by atoms with van der Waals surface area (Å²) in [6.07, 6.45) is -9.19. The molecule has 0 aromatic heterocycles. The monoisotopic (exact) mass is 269 g/mol. The summed E-state index contributed by atoms with van der Waals surface area (Å²) in [7, 11) is 0. The second kappa shape index (κ2) is 4.74. The van der Waals surface area contributed by atoms with Crippen molar-refractivity contribution in [3.63, 3.8) is 0 Å². The van der Waals surface area contributed by atoms with Crippen molar-refractivity contribution in [2.45, 2.75) is 32.6 Å². The summed E-state index contributed by atoms with van der Waals surface area (Å²) in [4.78, 5) is 0. The Labute approximate surface area is 101 Å². The highest BCUT2D eigenvalue weighted by Crippen LogP contribution is 2.37. The van der Waals surface area contributed by atoms with E-state index in [4.69, 9.17) is 0 Å². The van der Waals surface area contributed by atoms with E-state index in [0.717, 1.165) is 12.1 Å². The Morgan fingerprint density at radius 1 is 0.889 bits per heavy atom. The number of hydrogen-bond acceptors (Lipinski definition) is 0. The zero-order valence-electron chi connectivity index (χ0n) is 9.71. The van der Waals surface area contributed by atoms with E-state index in [1.165, 1.54) is 6.92 Å². The van der Waals surface area contributed by atoms with Gasteiger partial charge in [-0.1, -0.05) is 0 Å². The highest BCUT2D eigenvalue weighted by molar-refractivity contribution is 5.39. The van der Waals surface area contributed by atoms with Crippen LogP contribution in [0.25, 0.3) is 0 Å². The third kappa shape index (κ3) is 3.34. The molecule has 0 aliphatic carbocycles. The summed E-state index contributed by atoms with van der Waals surface area (Å²) in [5.74, 6) is 0.478. The molecule has 6 heteroatoms. The van der Waals surface area contributed by atoms with Gasteiger partial charge in [-0.2, -0.15) is 26.3 Å². The Kier molecular flexibility index (Phi) is 3.88. The summed E-state index contributed by atoms with van der Waals surface area (Å²) >= 11 is 0. The van der Waals surface area contributed by atoms with Crippen molar-refractivity contribution in [3.8, 4) is 0 Å². The first-order valence-corrected chi connectivity index (χ1v) is 5.18. The van der Waals surface area contributed by atoms with Crippen molar-refractivity contribution in [2.24, 2.45) is 0 Å². The molecule has 0 saturated heterocycles. The molecule has 0 amide bonds. The molecule has 0 atom stereocenters. The Morgan fingerprint density at radius 3 is 1.56 bits per heavy atom. The minimum absolute atomic E-state index is 0.0281. The molecule has 0 radical (unpaired) electrons. The van der Waals surface area contributed by atoms with Crippen LogP contribution >= 0.6 is 0 Å². The predicted molar refractivity (Wildman–Crippen MR) is 54.8 cm³/mol. The summed E-state index contributed by atoms with van der Waals surface area (Å²) < 4.78 is 75.2. The maximum Gasteiger partial charge on any atom is 0.428 e. The van der Waals surface area contributed by atoms with E-state index < -0.39 is 23.5 Å². The third-order valence-corrected chi connectivity index (χ3v) is 2.61. The lowest BCUT2D eigenvalue weighted by molar-refractivity contribution is -0.143. The fraction of sp³-hybridized carbons (Fsp3) is 0.417. The van der Waals surface area contributed by atoms with Gasteiger partial charge in [0.2, 0.25) is 0 Å². The van der Waals surface area contributed by atoms with Gasteiger partial charge in [0.05, 0.1) is 12.1 Å². The fourth-order valence-electron chi connectivity index (χ4n) is 1.41. The van der Waals surface area contributed by atoms with Gasteiger partial charge >= 0.3 is 12.4 Å². The van der Waals surface area contributed by atoms with Crippen molar-refractivity contribution in [1.29, 1.82) is 0 Å². The predicted octanol–water partition coefficient (Wildman–Crippen LogP) is 5.08. The van der Waals surface area contributed by atoms with Crippen LogP contribution in [0.15, 0.2) is 18.2 Å². The smallest absolute Gasteiger partial charge is 0.165 e. The topological polar surface area (TPSA) is 0 Å². The van der Waals surface area contributed by atoms with Gasteiger partial charge in [0.15, 0.2) is 0 Å². The highest BCUT2D eigenvalue weighted by atomic mass is 19.4. The summed E-state index contributed by atoms with van der Waals surface area (Å²) in [5, 5.41) is 0. The fourth-order valence-corrected chi connectivity index (χ4v) is 1.41. The molecule has 0 N–H and O–H groups in total. The van der Waals surface area contributed by atoms with Crippen molar-refractivity contribution in [1.82, 2.24) is 0 Å². The lowest BCUT2D eigenvalue weighted by atomic mass is 9.94. The number of alkyl halides is 6. The minimum atomic E-state index is -4.79. The van der Waals surface area contributed by atoms with Gasteiger partial charge in [-0.15, -0.1) is 0 Å². The van der Waals surface area contributed by atoms with Crippen LogP contribution in [-0.4, -0.2) is 0 Å². The van der Waals surface area contributed by atoms with Crippen LogP contribution in [0.2, 0.25) is 0 Å². The maximum absolute atomic E-state index is 12.5. The Bertz CT molecular complexity index is 383. The van der Waals surface area contributed by atoms with E-state index in [1.54, 1.807) is 6.92 Å². The van der Waals surface area contributed by atoms with Crippen LogP contribution in [0.1, 0.15) is 37.0 Å². The SMILES string of the molecule is CC[C+](C)c1cc(C(F)(F)F)cc(C(F)(F)F)c1. The van der Waals surface area contributed by atoms with Crippen molar-refractivity contribution in [3.05, 3.63) is 40.8 Å². The van der Waals surface area contributed by atoms with Gasteiger partial charge < -0.3 is 0 Å². The van der Waals surface area contributed by atoms with Gasteiger partial charge in [-0.05, 0) is 13.0 Å². The van der Waals surface area contributed by atoms with E-state index in [9.17, 15) is 26.3 Å². The molecule has 1 rings (SSSR count). The second-order valence-electron chi connectivity index (χ2n) is 3.93. The Morgan fingerprint density at radius 2 is 1.28 bits per heavy atom. The molecular weight excluding hydrogens is 258 g/mol. The molecule has 0 nitrogen and oxygen atoms in total. The van der Waals surface area contributed by atoms with Crippen LogP contribution < -0.4 is 0 Å². The average Bonchev–Trinajstić information content (AvgIpc) is 2.25. The number of hydrogen-bond donors (Lipinski definition) is 0. The van der Waals surface area contributed by atoms with E-state index in [0.29, 0.717) is 12.3 Å². The number of halogens is 6. The second-order valence-corrected chi connectivity index (χ2v) is 3.93. The van der Waals surface area contributed by atoms with E-state index >= 15 is 0 Å². The molecule has 0 unspecified atom stereocenters. The first-order valence-electron chi connectivity index (χ1n) is 5.18. The van der Waals surface area contributed by atoms with E-state index in [2.05, 4.69) is 0 Å². The Balaban J connectivity index is 3.39. The minimum Gasteiger partial charge on any atom is -0.165 e. The summed E-state index contributed by atoms with van der Waals surface area (Å²) in [5.41, 5.74) is -2.58. The molecule has 1 aromatic rings. The lowest BCUT2D eigenvalue weighted by Gasteiger charge is -2.11. The molecule has 100 valence electrons. The van der Waals surface area contributed by atoms with Gasteiger partial charge in [0.1, 0.15) is 16.7 Å². The molecule has 0 spiro atoms. The molecule has 0 saturated carbocycles. The molecular formula is C12H11F6+. The van der Waals surface area contributed by atoms with Gasteiger partial charge in [0.25, 0.3) is 0 Å². The van der Waals surface area contributed by atoms with Crippen LogP contribution in [-0.2, 0) is 12.4 Å². The number of benzene rings is 1. The third-order valence-electron chi connectivity index (χ3n) is 2.61. The molecule has 0 bridgehead atoms. The van der Waals surface area contributed by atoms with Crippen molar-refractivity contribution < 1.29 is 26.3 Å². The summed E-state index contributed by atoms with van der Waals surface area (Å²) in [6, 6.07) is 1.62. The average molecular weight is 269 g/mol. The largest absolute Gasteiger partial charge is 0.428 e. The normalized spacial score (nSPS) is 12.7. The van der Waals surface area contributed by atoms with Crippen molar-refractivity contribution in [2.75, 3.05) is 0 Å². The standard InChI is InChI=1S/C12H11F6/c1-3-7(2)8-4-9(11(13,14)15)6-10(5-8)12(16,17)18/h4-6H,3H2,1-2H3/q+1. The lowest BCUT2D eigenvalue weighted by Crippen LogP contribution is -2.12. The maximum atomic E-state index is 12.5. The first kappa shape index (κ1) is 14.7. The Hall–Kier alpha value is -1.33.